The first kappa shape index (κ1) is 21.6. The van der Waals surface area contributed by atoms with Crippen LogP contribution in [0.5, 0.6) is 11.5 Å². The number of aryl methyl sites for hydroxylation is 1. The van der Waals surface area contributed by atoms with E-state index in [1.807, 2.05) is 18.2 Å². The molecule has 2 heterocycles. The second-order valence-electron chi connectivity index (χ2n) is 8.67. The number of anilines is 1. The van der Waals surface area contributed by atoms with Gasteiger partial charge in [-0.3, -0.25) is 5.43 Å². The monoisotopic (exact) mass is 438 g/mol. The van der Waals surface area contributed by atoms with Crippen LogP contribution in [-0.4, -0.2) is 30.4 Å². The van der Waals surface area contributed by atoms with Gasteiger partial charge in [-0.2, -0.15) is 5.10 Å². The smallest absolute Gasteiger partial charge is 0.161 e. The van der Waals surface area contributed by atoms with Crippen LogP contribution in [0.2, 0.25) is 0 Å². The average molecular weight is 439 g/mol. The molecule has 7 heteroatoms. The number of thiophene rings is 1. The van der Waals surface area contributed by atoms with Gasteiger partial charge in [-0.25, -0.2) is 9.97 Å². The summed E-state index contributed by atoms with van der Waals surface area (Å²) in [6.07, 6.45) is 8.01. The van der Waals surface area contributed by atoms with Crippen LogP contribution in [-0.2, 0) is 12.8 Å². The second-order valence-corrected chi connectivity index (χ2v) is 9.76. The molecule has 1 N–H and O–H groups in total. The fraction of sp³-hybridized carbons (Fsp3) is 0.458. The van der Waals surface area contributed by atoms with Gasteiger partial charge in [0.15, 0.2) is 17.3 Å². The maximum absolute atomic E-state index is 5.37. The first-order valence-corrected chi connectivity index (χ1v) is 11.5. The zero-order valence-corrected chi connectivity index (χ0v) is 19.7. The molecule has 0 amide bonds. The van der Waals surface area contributed by atoms with Crippen molar-refractivity contribution < 1.29 is 9.47 Å². The van der Waals surface area contributed by atoms with Crippen LogP contribution >= 0.6 is 11.3 Å². The van der Waals surface area contributed by atoms with Crippen molar-refractivity contribution >= 4 is 33.6 Å². The van der Waals surface area contributed by atoms with E-state index in [1.165, 1.54) is 23.3 Å². The summed E-state index contributed by atoms with van der Waals surface area (Å²) in [6.45, 7) is 7.07. The number of rotatable bonds is 7. The minimum Gasteiger partial charge on any atom is -0.493 e. The zero-order valence-electron chi connectivity index (χ0n) is 18.9. The summed E-state index contributed by atoms with van der Waals surface area (Å²) >= 11 is 1.80. The minimum absolute atomic E-state index is 0.334. The summed E-state index contributed by atoms with van der Waals surface area (Å²) in [6, 6.07) is 5.70. The van der Waals surface area contributed by atoms with E-state index in [0.29, 0.717) is 22.8 Å². The second kappa shape index (κ2) is 8.83. The average Bonchev–Trinajstić information content (AvgIpc) is 3.17. The third-order valence-corrected chi connectivity index (χ3v) is 7.85. The van der Waals surface area contributed by atoms with Gasteiger partial charge < -0.3 is 9.47 Å². The molecule has 0 saturated carbocycles. The van der Waals surface area contributed by atoms with Crippen LogP contribution in [0, 0.1) is 11.3 Å². The third-order valence-electron chi connectivity index (χ3n) is 6.65. The zero-order chi connectivity index (χ0) is 22.0. The number of fused-ring (bicyclic) bond motifs is 3. The summed E-state index contributed by atoms with van der Waals surface area (Å²) in [5.41, 5.74) is 5.81. The molecule has 1 aromatic carbocycles. The predicted molar refractivity (Wildman–Crippen MR) is 128 cm³/mol. The van der Waals surface area contributed by atoms with E-state index in [4.69, 9.17) is 9.47 Å². The number of nitrogens with one attached hydrogen (secondary N) is 1. The molecule has 1 atom stereocenters. The molecule has 1 aliphatic rings. The molecule has 0 fully saturated rings. The lowest BCUT2D eigenvalue weighted by molar-refractivity contribution is 0.184. The summed E-state index contributed by atoms with van der Waals surface area (Å²) < 4.78 is 10.7. The lowest BCUT2D eigenvalue weighted by atomic mass is 9.69. The fourth-order valence-electron chi connectivity index (χ4n) is 4.25. The molecule has 1 aliphatic carbocycles. The number of nitrogens with zero attached hydrogens (tertiary/aromatic N) is 3. The fourth-order valence-corrected chi connectivity index (χ4v) is 5.43. The van der Waals surface area contributed by atoms with E-state index in [9.17, 15) is 0 Å². The minimum atomic E-state index is 0.334. The lowest BCUT2D eigenvalue weighted by Crippen LogP contribution is -2.28. The van der Waals surface area contributed by atoms with Crippen LogP contribution in [0.25, 0.3) is 10.2 Å². The topological polar surface area (TPSA) is 68.6 Å². The summed E-state index contributed by atoms with van der Waals surface area (Å²) in [5.74, 6) is 2.81. The molecule has 164 valence electrons. The van der Waals surface area contributed by atoms with Gasteiger partial charge in [0.25, 0.3) is 0 Å². The Bertz CT molecular complexity index is 1110. The van der Waals surface area contributed by atoms with E-state index in [-0.39, 0.29) is 0 Å². The van der Waals surface area contributed by atoms with Gasteiger partial charge in [0.1, 0.15) is 11.2 Å². The van der Waals surface area contributed by atoms with Crippen molar-refractivity contribution in [3.8, 4) is 11.5 Å². The maximum Gasteiger partial charge on any atom is 0.161 e. The van der Waals surface area contributed by atoms with Gasteiger partial charge in [-0.1, -0.05) is 27.2 Å². The quantitative estimate of drug-likeness (QED) is 0.379. The Morgan fingerprint density at radius 1 is 1.23 bits per heavy atom. The van der Waals surface area contributed by atoms with Crippen molar-refractivity contribution in [3.63, 3.8) is 0 Å². The SMILES string of the molecule is CCC(C)(C)C1CCc2sc3ncnc(NN=Cc4ccc(OC)c(OC)c4)c3c2C1. The first-order chi connectivity index (χ1) is 15.0. The van der Waals surface area contributed by atoms with E-state index in [0.717, 1.165) is 34.4 Å². The maximum atomic E-state index is 5.37. The van der Waals surface area contributed by atoms with Gasteiger partial charge in [0.2, 0.25) is 0 Å². The summed E-state index contributed by atoms with van der Waals surface area (Å²) in [4.78, 5) is 11.6. The highest BCUT2D eigenvalue weighted by molar-refractivity contribution is 7.19. The standard InChI is InChI=1S/C24H30N4O2S/c1-6-24(2,3)16-8-10-20-17(12-16)21-22(25-14-26-23(21)31-20)28-27-13-15-7-9-18(29-4)19(11-15)30-5/h7,9,11,13-14,16H,6,8,10,12H2,1-5H3,(H,25,26,28). The Morgan fingerprint density at radius 2 is 2.03 bits per heavy atom. The largest absolute Gasteiger partial charge is 0.493 e. The molecule has 0 aliphatic heterocycles. The lowest BCUT2D eigenvalue weighted by Gasteiger charge is -2.36. The molecule has 0 radical (unpaired) electrons. The van der Waals surface area contributed by atoms with Crippen LogP contribution in [0.15, 0.2) is 29.6 Å². The van der Waals surface area contributed by atoms with Gasteiger partial charge in [-0.05, 0) is 59.9 Å². The highest BCUT2D eigenvalue weighted by atomic mass is 32.1. The van der Waals surface area contributed by atoms with Crippen molar-refractivity contribution in [3.05, 3.63) is 40.5 Å². The normalized spacial score (nSPS) is 16.5. The molecule has 1 unspecified atom stereocenters. The van der Waals surface area contributed by atoms with Gasteiger partial charge >= 0.3 is 0 Å². The molecule has 0 saturated heterocycles. The first-order valence-electron chi connectivity index (χ1n) is 10.7. The number of hydrogen-bond donors (Lipinski definition) is 1. The molecule has 0 spiro atoms. The number of aromatic nitrogens is 2. The van der Waals surface area contributed by atoms with E-state index < -0.39 is 0 Å². The van der Waals surface area contributed by atoms with Crippen LogP contribution in [0.1, 0.15) is 49.6 Å². The molecule has 0 bridgehead atoms. The number of benzene rings is 1. The Hall–Kier alpha value is -2.67. The van der Waals surface area contributed by atoms with E-state index >= 15 is 0 Å². The Balaban J connectivity index is 1.61. The molecular formula is C24H30N4O2S. The molecule has 2 aromatic heterocycles. The number of hydrazone groups is 1. The molecular weight excluding hydrogens is 408 g/mol. The van der Waals surface area contributed by atoms with Crippen LogP contribution in [0.3, 0.4) is 0 Å². The molecule has 31 heavy (non-hydrogen) atoms. The Morgan fingerprint density at radius 3 is 2.77 bits per heavy atom. The Labute approximate surface area is 187 Å². The van der Waals surface area contributed by atoms with Crippen molar-refractivity contribution in [2.45, 2.75) is 46.5 Å². The third kappa shape index (κ3) is 4.24. The van der Waals surface area contributed by atoms with Crippen molar-refractivity contribution in [1.29, 1.82) is 0 Å². The van der Waals surface area contributed by atoms with E-state index in [1.54, 1.807) is 38.1 Å². The van der Waals surface area contributed by atoms with Gasteiger partial charge in [-0.15, -0.1) is 11.3 Å². The van der Waals surface area contributed by atoms with Crippen molar-refractivity contribution in [2.24, 2.45) is 16.4 Å². The number of hydrogen-bond acceptors (Lipinski definition) is 7. The highest BCUT2D eigenvalue weighted by Crippen LogP contribution is 2.45. The van der Waals surface area contributed by atoms with Gasteiger partial charge in [0.05, 0.1) is 25.8 Å². The predicted octanol–water partition coefficient (Wildman–Crippen LogP) is 5.70. The van der Waals surface area contributed by atoms with E-state index in [2.05, 4.69) is 41.3 Å². The number of ether oxygens (including phenoxy) is 2. The molecule has 6 nitrogen and oxygen atoms in total. The Kier molecular flexibility index (Phi) is 6.14. The van der Waals surface area contributed by atoms with Crippen molar-refractivity contribution in [1.82, 2.24) is 9.97 Å². The summed E-state index contributed by atoms with van der Waals surface area (Å²) in [5, 5.41) is 5.58. The van der Waals surface area contributed by atoms with Crippen LogP contribution in [0.4, 0.5) is 5.82 Å². The summed E-state index contributed by atoms with van der Waals surface area (Å²) in [7, 11) is 3.25. The molecule has 3 aromatic rings. The molecule has 4 rings (SSSR count). The highest BCUT2D eigenvalue weighted by Gasteiger charge is 2.33. The van der Waals surface area contributed by atoms with Gasteiger partial charge in [0, 0.05) is 4.88 Å². The van der Waals surface area contributed by atoms with Crippen LogP contribution < -0.4 is 14.9 Å². The van der Waals surface area contributed by atoms with Crippen molar-refractivity contribution in [2.75, 3.05) is 19.6 Å². The number of methoxy groups -OCH3 is 2.